The molecule has 0 atom stereocenters. The quantitative estimate of drug-likeness (QED) is 0.707. The molecule has 1 N–H and O–H groups in total. The van der Waals surface area contributed by atoms with Crippen LogP contribution >= 0.6 is 23.4 Å². The number of halogens is 1. The zero-order valence-electron chi connectivity index (χ0n) is 15.5. The van der Waals surface area contributed by atoms with Crippen LogP contribution in [0.1, 0.15) is 23.6 Å². The molecule has 0 saturated carbocycles. The largest absolute Gasteiger partial charge is 0.324 e. The van der Waals surface area contributed by atoms with Crippen LogP contribution in [-0.2, 0) is 16.0 Å². The van der Waals surface area contributed by atoms with E-state index >= 15 is 0 Å². The molecule has 144 valence electrons. The summed E-state index contributed by atoms with van der Waals surface area (Å²) in [5.41, 5.74) is 3.43. The molecule has 0 aromatic heterocycles. The van der Waals surface area contributed by atoms with Crippen LogP contribution in [0.3, 0.4) is 0 Å². The lowest BCUT2D eigenvalue weighted by molar-refractivity contribution is -0.127. The Bertz CT molecular complexity index is 970. The van der Waals surface area contributed by atoms with Gasteiger partial charge in [0.05, 0.1) is 4.91 Å². The van der Waals surface area contributed by atoms with Crippen LogP contribution in [0.4, 0.5) is 10.5 Å². The summed E-state index contributed by atoms with van der Waals surface area (Å²) in [6.45, 7) is 3.58. The first-order valence-electron chi connectivity index (χ1n) is 8.77. The molecule has 1 aliphatic rings. The maximum absolute atomic E-state index is 12.5. The summed E-state index contributed by atoms with van der Waals surface area (Å²) in [5.74, 6) is -0.928. The minimum Gasteiger partial charge on any atom is -0.324 e. The number of benzene rings is 2. The lowest BCUT2D eigenvalue weighted by Gasteiger charge is -2.13. The van der Waals surface area contributed by atoms with E-state index in [0.717, 1.165) is 34.2 Å². The van der Waals surface area contributed by atoms with E-state index in [-0.39, 0.29) is 6.54 Å². The summed E-state index contributed by atoms with van der Waals surface area (Å²) in [4.78, 5) is 38.3. The first kappa shape index (κ1) is 20.2. The highest BCUT2D eigenvalue weighted by Crippen LogP contribution is 2.32. The second-order valence-corrected chi connectivity index (χ2v) is 7.78. The molecular weight excluding hydrogens is 396 g/mol. The Kier molecular flexibility index (Phi) is 6.21. The van der Waals surface area contributed by atoms with Gasteiger partial charge in [0.25, 0.3) is 11.1 Å². The van der Waals surface area contributed by atoms with Crippen molar-refractivity contribution in [3.63, 3.8) is 0 Å². The van der Waals surface area contributed by atoms with Crippen LogP contribution in [0.15, 0.2) is 47.4 Å². The fraction of sp³-hybridized carbons (Fsp3) is 0.190. The molecule has 2 aromatic rings. The summed E-state index contributed by atoms with van der Waals surface area (Å²) in [6.07, 6.45) is 2.60. The van der Waals surface area contributed by atoms with E-state index < -0.39 is 17.1 Å². The van der Waals surface area contributed by atoms with Gasteiger partial charge < -0.3 is 5.32 Å². The third-order valence-corrected chi connectivity index (χ3v) is 5.63. The second-order valence-electron chi connectivity index (χ2n) is 6.38. The van der Waals surface area contributed by atoms with E-state index in [1.54, 1.807) is 24.3 Å². The second kappa shape index (κ2) is 8.63. The Morgan fingerprint density at radius 1 is 1.18 bits per heavy atom. The molecule has 0 unspecified atom stereocenters. The van der Waals surface area contributed by atoms with Crippen molar-refractivity contribution < 1.29 is 14.4 Å². The Labute approximate surface area is 172 Å². The number of anilines is 1. The van der Waals surface area contributed by atoms with E-state index in [1.807, 2.05) is 31.2 Å². The van der Waals surface area contributed by atoms with Gasteiger partial charge in [-0.05, 0) is 60.0 Å². The molecule has 0 aliphatic carbocycles. The van der Waals surface area contributed by atoms with E-state index in [9.17, 15) is 14.4 Å². The fourth-order valence-corrected chi connectivity index (χ4v) is 3.67. The van der Waals surface area contributed by atoms with Gasteiger partial charge in [0, 0.05) is 10.7 Å². The summed E-state index contributed by atoms with van der Waals surface area (Å²) in [5, 5.41) is 2.73. The molecule has 0 radical (unpaired) electrons. The summed E-state index contributed by atoms with van der Waals surface area (Å²) in [7, 11) is 0. The van der Waals surface area contributed by atoms with Crippen molar-refractivity contribution in [2.45, 2.75) is 20.3 Å². The van der Waals surface area contributed by atoms with E-state index in [1.165, 1.54) is 5.56 Å². The highest BCUT2D eigenvalue weighted by Gasteiger charge is 2.36. The molecule has 28 heavy (non-hydrogen) atoms. The standard InChI is InChI=1S/C21H19ClN2O3S/c1-3-14-5-7-15(8-6-14)10-18-20(26)24(21(27)28-18)12-19(25)23-16-9-4-13(2)17(22)11-16/h4-11H,3,12H2,1-2H3,(H,23,25)/b18-10-. The van der Waals surface area contributed by atoms with Crippen molar-refractivity contribution in [2.24, 2.45) is 0 Å². The predicted octanol–water partition coefficient (Wildman–Crippen LogP) is 4.89. The zero-order valence-corrected chi connectivity index (χ0v) is 17.1. The topological polar surface area (TPSA) is 66.5 Å². The van der Waals surface area contributed by atoms with Gasteiger partial charge >= 0.3 is 0 Å². The number of hydrogen-bond acceptors (Lipinski definition) is 4. The van der Waals surface area contributed by atoms with Crippen molar-refractivity contribution >= 4 is 52.2 Å². The van der Waals surface area contributed by atoms with E-state index in [4.69, 9.17) is 11.6 Å². The third kappa shape index (κ3) is 4.64. The first-order valence-corrected chi connectivity index (χ1v) is 9.97. The highest BCUT2D eigenvalue weighted by atomic mass is 35.5. The van der Waals surface area contributed by atoms with Crippen molar-refractivity contribution in [2.75, 3.05) is 11.9 Å². The third-order valence-electron chi connectivity index (χ3n) is 4.32. The summed E-state index contributed by atoms with van der Waals surface area (Å²) >= 11 is 6.88. The average molecular weight is 415 g/mol. The molecule has 1 fully saturated rings. The Morgan fingerprint density at radius 2 is 1.89 bits per heavy atom. The van der Waals surface area contributed by atoms with E-state index in [2.05, 4.69) is 12.2 Å². The number of thioether (sulfide) groups is 1. The van der Waals surface area contributed by atoms with Gasteiger partial charge in [-0.3, -0.25) is 19.3 Å². The molecule has 7 heteroatoms. The van der Waals surface area contributed by atoms with Gasteiger partial charge in [-0.25, -0.2) is 0 Å². The van der Waals surface area contributed by atoms with Gasteiger partial charge in [-0.1, -0.05) is 48.9 Å². The normalized spacial score (nSPS) is 15.4. The summed E-state index contributed by atoms with van der Waals surface area (Å²) in [6, 6.07) is 12.9. The van der Waals surface area contributed by atoms with Crippen LogP contribution in [-0.4, -0.2) is 28.5 Å². The van der Waals surface area contributed by atoms with Crippen molar-refractivity contribution in [3.05, 3.63) is 69.1 Å². The van der Waals surface area contributed by atoms with E-state index in [0.29, 0.717) is 15.6 Å². The lowest BCUT2D eigenvalue weighted by Crippen LogP contribution is -2.36. The molecule has 1 saturated heterocycles. The predicted molar refractivity (Wildman–Crippen MR) is 113 cm³/mol. The SMILES string of the molecule is CCc1ccc(/C=C2\SC(=O)N(CC(=O)Nc3ccc(C)c(Cl)c3)C2=O)cc1. The number of aryl methyl sites for hydroxylation is 2. The van der Waals surface area contributed by atoms with Crippen LogP contribution in [0.25, 0.3) is 6.08 Å². The number of hydrogen-bond donors (Lipinski definition) is 1. The molecule has 2 aromatic carbocycles. The van der Waals surface area contributed by atoms with Crippen LogP contribution < -0.4 is 5.32 Å². The number of nitrogens with one attached hydrogen (secondary N) is 1. The van der Waals surface area contributed by atoms with Crippen molar-refractivity contribution in [3.8, 4) is 0 Å². The molecule has 0 bridgehead atoms. The van der Waals surface area contributed by atoms with Crippen LogP contribution in [0, 0.1) is 6.92 Å². The van der Waals surface area contributed by atoms with Crippen molar-refractivity contribution in [1.29, 1.82) is 0 Å². The Balaban J connectivity index is 1.68. The van der Waals surface area contributed by atoms with Crippen LogP contribution in [0.2, 0.25) is 5.02 Å². The summed E-state index contributed by atoms with van der Waals surface area (Å²) < 4.78 is 0. The number of rotatable bonds is 5. The van der Waals surface area contributed by atoms with Gasteiger partial charge in [-0.2, -0.15) is 0 Å². The Morgan fingerprint density at radius 3 is 2.54 bits per heavy atom. The number of imide groups is 1. The smallest absolute Gasteiger partial charge is 0.294 e. The minimum atomic E-state index is -0.466. The van der Waals surface area contributed by atoms with Gasteiger partial charge in [0.2, 0.25) is 5.91 Å². The minimum absolute atomic E-state index is 0.306. The Hall–Kier alpha value is -2.57. The van der Waals surface area contributed by atoms with Gasteiger partial charge in [0.15, 0.2) is 0 Å². The lowest BCUT2D eigenvalue weighted by atomic mass is 10.1. The molecule has 5 nitrogen and oxygen atoms in total. The molecule has 3 amide bonds. The maximum Gasteiger partial charge on any atom is 0.294 e. The van der Waals surface area contributed by atoms with Gasteiger partial charge in [0.1, 0.15) is 6.54 Å². The van der Waals surface area contributed by atoms with Crippen molar-refractivity contribution in [1.82, 2.24) is 4.90 Å². The number of carbonyl (C=O) groups excluding carboxylic acids is 3. The molecular formula is C21H19ClN2O3S. The molecule has 3 rings (SSSR count). The fourth-order valence-electron chi connectivity index (χ4n) is 2.65. The maximum atomic E-state index is 12.5. The molecule has 0 spiro atoms. The molecule has 1 aliphatic heterocycles. The number of amides is 3. The first-order chi connectivity index (χ1) is 13.4. The molecule has 1 heterocycles. The zero-order chi connectivity index (χ0) is 20.3. The highest BCUT2D eigenvalue weighted by molar-refractivity contribution is 8.18. The van der Waals surface area contributed by atoms with Gasteiger partial charge in [-0.15, -0.1) is 0 Å². The monoisotopic (exact) mass is 414 g/mol. The average Bonchev–Trinajstić information content (AvgIpc) is 2.93. The number of carbonyl (C=O) groups is 3. The number of nitrogens with zero attached hydrogens (tertiary/aromatic N) is 1. The van der Waals surface area contributed by atoms with Crippen LogP contribution in [0.5, 0.6) is 0 Å².